The number of aliphatic hydroxyl groups excluding tert-OH is 1. The summed E-state index contributed by atoms with van der Waals surface area (Å²) in [7, 11) is 0. The van der Waals surface area contributed by atoms with Gasteiger partial charge in [0, 0.05) is 18.8 Å². The molecule has 1 aliphatic heterocycles. The maximum atomic E-state index is 14.1. The van der Waals surface area contributed by atoms with Crippen LogP contribution < -0.4 is 4.74 Å². The minimum absolute atomic E-state index is 0.119. The fourth-order valence-corrected chi connectivity index (χ4v) is 4.58. The number of hydrogen-bond acceptors (Lipinski definition) is 4. The number of benzene rings is 2. The van der Waals surface area contributed by atoms with Gasteiger partial charge in [0.15, 0.2) is 0 Å². The first kappa shape index (κ1) is 22.5. The maximum Gasteiger partial charge on any atom is 0.123 e. The highest BCUT2D eigenvalue weighted by atomic mass is 19.1. The summed E-state index contributed by atoms with van der Waals surface area (Å²) in [4.78, 5) is 2.34. The lowest BCUT2D eigenvalue weighted by Crippen LogP contribution is -2.42. The van der Waals surface area contributed by atoms with Crippen molar-refractivity contribution in [3.8, 4) is 11.4 Å². The van der Waals surface area contributed by atoms with Gasteiger partial charge in [0.1, 0.15) is 11.6 Å². The van der Waals surface area contributed by atoms with Crippen LogP contribution in [0.25, 0.3) is 5.69 Å². The van der Waals surface area contributed by atoms with E-state index in [2.05, 4.69) is 10.00 Å². The Morgan fingerprint density at radius 1 is 1.06 bits per heavy atom. The van der Waals surface area contributed by atoms with Crippen LogP contribution in [0.2, 0.25) is 0 Å². The lowest BCUT2D eigenvalue weighted by atomic mass is 9.76. The first-order chi connectivity index (χ1) is 15.5. The zero-order valence-corrected chi connectivity index (χ0v) is 18.9. The SMILES string of the molecule is Cc1cc(C)n(-c2ccc(F)cc2CN2CCC(CO)(CCOc3ccccc3)CC2)n1. The number of para-hydroxylation sites is 1. The molecular formula is C26H32FN3O2. The smallest absolute Gasteiger partial charge is 0.123 e. The van der Waals surface area contributed by atoms with Gasteiger partial charge in [-0.3, -0.25) is 4.90 Å². The van der Waals surface area contributed by atoms with Crippen LogP contribution in [0.1, 0.15) is 36.2 Å². The van der Waals surface area contributed by atoms with E-state index in [1.807, 2.05) is 61.0 Å². The van der Waals surface area contributed by atoms with Gasteiger partial charge in [0.05, 0.1) is 18.0 Å². The van der Waals surface area contributed by atoms with E-state index >= 15 is 0 Å². The molecule has 4 rings (SSSR count). The Kier molecular flexibility index (Phi) is 6.92. The lowest BCUT2D eigenvalue weighted by Gasteiger charge is -2.41. The molecule has 1 fully saturated rings. The Bertz CT molecular complexity index is 1030. The predicted molar refractivity (Wildman–Crippen MR) is 124 cm³/mol. The summed E-state index contributed by atoms with van der Waals surface area (Å²) in [5, 5.41) is 14.7. The third-order valence-corrected chi connectivity index (χ3v) is 6.57. The van der Waals surface area contributed by atoms with Gasteiger partial charge in [-0.1, -0.05) is 18.2 Å². The van der Waals surface area contributed by atoms with E-state index in [0.717, 1.165) is 60.7 Å². The van der Waals surface area contributed by atoms with E-state index in [9.17, 15) is 9.50 Å². The van der Waals surface area contributed by atoms with Crippen molar-refractivity contribution in [3.05, 3.63) is 77.4 Å². The zero-order valence-electron chi connectivity index (χ0n) is 18.9. The van der Waals surface area contributed by atoms with Crippen molar-refractivity contribution in [2.45, 2.75) is 39.7 Å². The largest absolute Gasteiger partial charge is 0.494 e. The van der Waals surface area contributed by atoms with Gasteiger partial charge in [0.25, 0.3) is 0 Å². The van der Waals surface area contributed by atoms with Crippen molar-refractivity contribution in [1.29, 1.82) is 0 Å². The number of halogens is 1. The van der Waals surface area contributed by atoms with Gasteiger partial charge >= 0.3 is 0 Å². The third-order valence-electron chi connectivity index (χ3n) is 6.57. The van der Waals surface area contributed by atoms with Gasteiger partial charge in [-0.2, -0.15) is 5.10 Å². The Morgan fingerprint density at radius 2 is 1.81 bits per heavy atom. The van der Waals surface area contributed by atoms with Crippen molar-refractivity contribution in [3.63, 3.8) is 0 Å². The molecule has 2 aromatic carbocycles. The summed E-state index contributed by atoms with van der Waals surface area (Å²) in [5.41, 5.74) is 3.71. The van der Waals surface area contributed by atoms with Crippen LogP contribution in [0.3, 0.4) is 0 Å². The van der Waals surface area contributed by atoms with Crippen LogP contribution in [-0.4, -0.2) is 46.1 Å². The van der Waals surface area contributed by atoms with Gasteiger partial charge in [-0.05, 0) is 93.6 Å². The lowest BCUT2D eigenvalue weighted by molar-refractivity contribution is 0.0243. The van der Waals surface area contributed by atoms with E-state index in [0.29, 0.717) is 13.2 Å². The summed E-state index contributed by atoms with van der Waals surface area (Å²) in [5.74, 6) is 0.630. The molecular weight excluding hydrogens is 405 g/mol. The van der Waals surface area contributed by atoms with Crippen LogP contribution in [0.15, 0.2) is 54.6 Å². The average molecular weight is 438 g/mol. The standard InChI is InChI=1S/C26H32FN3O2/c1-20-16-21(2)30(28-20)25-9-8-23(27)17-22(25)18-29-13-10-26(19-31,11-14-29)12-15-32-24-6-4-3-5-7-24/h3-9,16-17,31H,10-15,18-19H2,1-2H3. The van der Waals surface area contributed by atoms with E-state index in [1.54, 1.807) is 6.07 Å². The van der Waals surface area contributed by atoms with Gasteiger partial charge in [0.2, 0.25) is 0 Å². The molecule has 0 spiro atoms. The molecule has 5 nitrogen and oxygen atoms in total. The van der Waals surface area contributed by atoms with E-state index < -0.39 is 0 Å². The normalized spacial score (nSPS) is 16.2. The molecule has 6 heteroatoms. The average Bonchev–Trinajstić information content (AvgIpc) is 3.13. The predicted octanol–water partition coefficient (Wildman–Crippen LogP) is 4.67. The van der Waals surface area contributed by atoms with Gasteiger partial charge < -0.3 is 9.84 Å². The fourth-order valence-electron chi connectivity index (χ4n) is 4.58. The van der Waals surface area contributed by atoms with Crippen molar-refractivity contribution >= 4 is 0 Å². The summed E-state index contributed by atoms with van der Waals surface area (Å²) >= 11 is 0. The third kappa shape index (κ3) is 5.19. The van der Waals surface area contributed by atoms with Crippen LogP contribution in [0.4, 0.5) is 4.39 Å². The van der Waals surface area contributed by atoms with Gasteiger partial charge in [-0.25, -0.2) is 9.07 Å². The van der Waals surface area contributed by atoms with Crippen LogP contribution in [0, 0.1) is 25.1 Å². The molecule has 0 unspecified atom stereocenters. The quantitative estimate of drug-likeness (QED) is 0.556. The number of rotatable bonds is 8. The molecule has 0 aliphatic carbocycles. The van der Waals surface area contributed by atoms with Gasteiger partial charge in [-0.15, -0.1) is 0 Å². The molecule has 0 radical (unpaired) electrons. The molecule has 1 aliphatic rings. The highest BCUT2D eigenvalue weighted by molar-refractivity contribution is 5.42. The van der Waals surface area contributed by atoms with Crippen LogP contribution in [0.5, 0.6) is 5.75 Å². The number of ether oxygens (including phenoxy) is 1. The minimum atomic E-state index is -0.231. The molecule has 0 atom stereocenters. The van der Waals surface area contributed by atoms with Crippen LogP contribution >= 0.6 is 0 Å². The molecule has 1 N–H and O–H groups in total. The van der Waals surface area contributed by atoms with E-state index in [-0.39, 0.29) is 17.8 Å². The van der Waals surface area contributed by atoms with Crippen molar-refractivity contribution in [2.75, 3.05) is 26.3 Å². The number of aliphatic hydroxyl groups is 1. The Labute approximate surface area is 189 Å². The Hall–Kier alpha value is -2.70. The second-order valence-electron chi connectivity index (χ2n) is 8.96. The first-order valence-electron chi connectivity index (χ1n) is 11.3. The summed E-state index contributed by atoms with van der Waals surface area (Å²) in [6.07, 6.45) is 2.61. The van der Waals surface area contributed by atoms with E-state index in [1.165, 1.54) is 6.07 Å². The Morgan fingerprint density at radius 3 is 2.47 bits per heavy atom. The highest BCUT2D eigenvalue weighted by Crippen LogP contribution is 2.35. The molecule has 0 amide bonds. The molecule has 0 saturated carbocycles. The monoisotopic (exact) mass is 437 g/mol. The zero-order chi connectivity index (χ0) is 22.6. The number of aromatic nitrogens is 2. The highest BCUT2D eigenvalue weighted by Gasteiger charge is 2.34. The molecule has 1 aromatic heterocycles. The number of piperidine rings is 1. The van der Waals surface area contributed by atoms with Crippen molar-refractivity contribution in [1.82, 2.24) is 14.7 Å². The molecule has 32 heavy (non-hydrogen) atoms. The minimum Gasteiger partial charge on any atom is -0.494 e. The van der Waals surface area contributed by atoms with Crippen molar-refractivity contribution in [2.24, 2.45) is 5.41 Å². The molecule has 0 bridgehead atoms. The summed E-state index contributed by atoms with van der Waals surface area (Å²) in [6.45, 7) is 7.12. The second-order valence-corrected chi connectivity index (χ2v) is 8.96. The number of hydrogen-bond donors (Lipinski definition) is 1. The molecule has 1 saturated heterocycles. The van der Waals surface area contributed by atoms with Crippen molar-refractivity contribution < 1.29 is 14.2 Å². The molecule has 170 valence electrons. The number of nitrogens with zero attached hydrogens (tertiary/aromatic N) is 3. The molecule has 2 heterocycles. The fraction of sp³-hybridized carbons (Fsp3) is 0.423. The van der Waals surface area contributed by atoms with Crippen LogP contribution in [-0.2, 0) is 6.54 Å². The second kappa shape index (κ2) is 9.84. The van der Waals surface area contributed by atoms with E-state index in [4.69, 9.17) is 4.74 Å². The summed E-state index contributed by atoms with van der Waals surface area (Å²) < 4.78 is 21.9. The topological polar surface area (TPSA) is 50.5 Å². The number of likely N-dealkylation sites (tertiary alicyclic amines) is 1. The first-order valence-corrected chi connectivity index (χ1v) is 11.3. The molecule has 3 aromatic rings. The maximum absolute atomic E-state index is 14.1. The Balaban J connectivity index is 1.39. The number of aryl methyl sites for hydroxylation is 2. The summed E-state index contributed by atoms with van der Waals surface area (Å²) in [6, 6.07) is 16.7.